The predicted octanol–water partition coefficient (Wildman–Crippen LogP) is 6.48. The van der Waals surface area contributed by atoms with Gasteiger partial charge in [0, 0.05) is 30.3 Å². The Morgan fingerprint density at radius 1 is 0.941 bits per heavy atom. The van der Waals surface area contributed by atoms with Crippen LogP contribution in [0.4, 0.5) is 5.69 Å². The zero-order chi connectivity index (χ0) is 25.4. The molecule has 2 rings (SSSR count). The van der Waals surface area contributed by atoms with Crippen molar-refractivity contribution >= 4 is 11.6 Å². The van der Waals surface area contributed by atoms with Gasteiger partial charge < -0.3 is 14.8 Å². The van der Waals surface area contributed by atoms with Gasteiger partial charge in [-0.2, -0.15) is 0 Å². The van der Waals surface area contributed by atoms with Crippen molar-refractivity contribution in [3.05, 3.63) is 63.7 Å². The van der Waals surface area contributed by atoms with Crippen molar-refractivity contribution in [2.75, 3.05) is 6.54 Å². The smallest absolute Gasteiger partial charge is 0.269 e. The highest BCUT2D eigenvalue weighted by atomic mass is 16.6. The van der Waals surface area contributed by atoms with Crippen LogP contribution >= 0.6 is 0 Å². The number of aryl methyl sites for hydroxylation is 1. The molecule has 2 aromatic carbocycles. The van der Waals surface area contributed by atoms with Crippen LogP contribution in [0.25, 0.3) is 0 Å². The molecule has 7 heteroatoms. The van der Waals surface area contributed by atoms with Gasteiger partial charge in [-0.15, -0.1) is 0 Å². The van der Waals surface area contributed by atoms with E-state index in [2.05, 4.69) is 52.9 Å². The summed E-state index contributed by atoms with van der Waals surface area (Å²) in [5, 5.41) is 13.6. The van der Waals surface area contributed by atoms with E-state index in [9.17, 15) is 14.9 Å². The number of carbonyl (C=O) groups is 1. The topological polar surface area (TPSA) is 90.7 Å². The molecule has 0 aliphatic heterocycles. The summed E-state index contributed by atoms with van der Waals surface area (Å²) in [5.74, 6) is 1.41. The highest BCUT2D eigenvalue weighted by molar-refractivity contribution is 5.94. The van der Waals surface area contributed by atoms with Crippen LogP contribution in [0.3, 0.4) is 0 Å². The van der Waals surface area contributed by atoms with Crippen LogP contribution in [0.5, 0.6) is 11.5 Å². The van der Waals surface area contributed by atoms with E-state index in [-0.39, 0.29) is 22.8 Å². The summed E-state index contributed by atoms with van der Waals surface area (Å²) in [6, 6.07) is 11.7. The molecule has 0 heterocycles. The number of nitro benzene ring substituents is 1. The lowest BCUT2D eigenvalue weighted by Gasteiger charge is -2.29. The molecule has 0 fully saturated rings. The van der Waals surface area contributed by atoms with E-state index >= 15 is 0 Å². The molecule has 1 N–H and O–H groups in total. The van der Waals surface area contributed by atoms with Gasteiger partial charge in [0.1, 0.15) is 22.7 Å². The zero-order valence-electron chi connectivity index (χ0n) is 21.3. The van der Waals surface area contributed by atoms with E-state index in [1.807, 2.05) is 12.1 Å². The number of rotatable bonds is 13. The van der Waals surface area contributed by atoms with Crippen LogP contribution in [0.2, 0.25) is 0 Å². The molecule has 0 unspecified atom stereocenters. The fraction of sp³-hybridized carbons (Fsp3) is 0.519. The van der Waals surface area contributed by atoms with E-state index < -0.39 is 4.92 Å². The second-order valence-electron chi connectivity index (χ2n) is 9.72. The number of benzene rings is 2. The Morgan fingerprint density at radius 3 is 2.15 bits per heavy atom. The van der Waals surface area contributed by atoms with Crippen molar-refractivity contribution < 1.29 is 19.2 Å². The van der Waals surface area contributed by atoms with Gasteiger partial charge in [0.15, 0.2) is 0 Å². The summed E-state index contributed by atoms with van der Waals surface area (Å²) in [4.78, 5) is 22.5. The van der Waals surface area contributed by atoms with Crippen molar-refractivity contribution in [3.63, 3.8) is 0 Å². The van der Waals surface area contributed by atoms with Gasteiger partial charge in [-0.25, -0.2) is 0 Å². The third kappa shape index (κ3) is 8.36. The van der Waals surface area contributed by atoms with Gasteiger partial charge in [0.05, 0.1) is 4.92 Å². The van der Waals surface area contributed by atoms with Crippen molar-refractivity contribution in [1.29, 1.82) is 0 Å². The van der Waals surface area contributed by atoms with Crippen LogP contribution in [0.1, 0.15) is 83.1 Å². The fourth-order valence-electron chi connectivity index (χ4n) is 3.14. The molecule has 0 saturated carbocycles. The first-order chi connectivity index (χ1) is 16.0. The van der Waals surface area contributed by atoms with E-state index in [0.29, 0.717) is 12.1 Å². The summed E-state index contributed by atoms with van der Waals surface area (Å²) >= 11 is 0. The first kappa shape index (κ1) is 27.2. The van der Waals surface area contributed by atoms with Crippen LogP contribution in [-0.2, 0) is 6.42 Å². The SMILES string of the molecule is CCC(C)(C)Oc1ccc(CCCCNC(=O)c2ccc([N+](=O)[O-])cc2)c(OC(C)(C)CC)c1. The molecule has 0 saturated heterocycles. The Morgan fingerprint density at radius 2 is 1.56 bits per heavy atom. The van der Waals surface area contributed by atoms with Gasteiger partial charge in [0.2, 0.25) is 0 Å². The number of carbonyl (C=O) groups excluding carboxylic acids is 1. The Kier molecular flexibility index (Phi) is 9.47. The minimum Gasteiger partial charge on any atom is -0.488 e. The number of unbranched alkanes of at least 4 members (excludes halogenated alkanes) is 1. The van der Waals surface area contributed by atoms with Gasteiger partial charge in [-0.05, 0) is 83.6 Å². The number of non-ortho nitro benzene ring substituents is 1. The van der Waals surface area contributed by atoms with Gasteiger partial charge in [-0.3, -0.25) is 14.9 Å². The van der Waals surface area contributed by atoms with Crippen LogP contribution in [-0.4, -0.2) is 28.6 Å². The number of amides is 1. The first-order valence-electron chi connectivity index (χ1n) is 12.0. The molecule has 186 valence electrons. The number of nitro groups is 1. The average molecular weight is 471 g/mol. The van der Waals surface area contributed by atoms with Crippen molar-refractivity contribution in [1.82, 2.24) is 5.32 Å². The fourth-order valence-corrected chi connectivity index (χ4v) is 3.14. The third-order valence-corrected chi connectivity index (χ3v) is 6.02. The highest BCUT2D eigenvalue weighted by Crippen LogP contribution is 2.32. The molecule has 34 heavy (non-hydrogen) atoms. The molecule has 0 spiro atoms. The predicted molar refractivity (Wildman–Crippen MR) is 135 cm³/mol. The second kappa shape index (κ2) is 11.9. The summed E-state index contributed by atoms with van der Waals surface area (Å²) in [6.45, 7) is 13.0. The Bertz CT molecular complexity index is 967. The number of hydrogen-bond acceptors (Lipinski definition) is 5. The minimum absolute atomic E-state index is 0.0319. The maximum atomic E-state index is 12.3. The molecule has 0 aromatic heterocycles. The molecular formula is C27H38N2O5. The maximum absolute atomic E-state index is 12.3. The van der Waals surface area contributed by atoms with E-state index in [1.165, 1.54) is 24.3 Å². The van der Waals surface area contributed by atoms with Gasteiger partial charge in [-0.1, -0.05) is 19.9 Å². The van der Waals surface area contributed by atoms with Gasteiger partial charge >= 0.3 is 0 Å². The Hall–Kier alpha value is -3.09. The summed E-state index contributed by atoms with van der Waals surface area (Å²) in [7, 11) is 0. The lowest BCUT2D eigenvalue weighted by Crippen LogP contribution is -2.28. The minimum atomic E-state index is -0.482. The Labute approximate surface area is 203 Å². The van der Waals surface area contributed by atoms with E-state index in [4.69, 9.17) is 9.47 Å². The lowest BCUT2D eigenvalue weighted by molar-refractivity contribution is -0.384. The number of hydrogen-bond donors (Lipinski definition) is 1. The highest BCUT2D eigenvalue weighted by Gasteiger charge is 2.21. The maximum Gasteiger partial charge on any atom is 0.269 e. The average Bonchev–Trinajstić information content (AvgIpc) is 2.79. The quantitative estimate of drug-likeness (QED) is 0.205. The Balaban J connectivity index is 1.95. The first-order valence-corrected chi connectivity index (χ1v) is 12.0. The second-order valence-corrected chi connectivity index (χ2v) is 9.72. The van der Waals surface area contributed by atoms with Crippen LogP contribution in [0.15, 0.2) is 42.5 Å². The molecule has 0 bridgehead atoms. The molecule has 0 aliphatic carbocycles. The number of nitrogens with zero attached hydrogens (tertiary/aromatic N) is 1. The number of ether oxygens (including phenoxy) is 2. The van der Waals surface area contributed by atoms with Crippen LogP contribution < -0.4 is 14.8 Å². The third-order valence-electron chi connectivity index (χ3n) is 6.02. The van der Waals surface area contributed by atoms with Gasteiger partial charge in [0.25, 0.3) is 11.6 Å². The normalized spacial score (nSPS) is 11.7. The van der Waals surface area contributed by atoms with Crippen molar-refractivity contribution in [3.8, 4) is 11.5 Å². The van der Waals surface area contributed by atoms with Crippen LogP contribution in [0, 0.1) is 10.1 Å². The largest absolute Gasteiger partial charge is 0.488 e. The van der Waals surface area contributed by atoms with E-state index in [0.717, 1.165) is 49.2 Å². The molecule has 0 atom stereocenters. The summed E-state index contributed by atoms with van der Waals surface area (Å²) in [5.41, 5.74) is 0.960. The number of nitrogens with one attached hydrogen (secondary N) is 1. The molecule has 2 aromatic rings. The van der Waals surface area contributed by atoms with E-state index in [1.54, 1.807) is 0 Å². The monoisotopic (exact) mass is 470 g/mol. The standard InChI is InChI=1S/C27H38N2O5/c1-7-26(3,4)33-23-17-14-20(24(19-23)34-27(5,6)8-2)11-9-10-18-28-25(30)21-12-15-22(16-13-21)29(31)32/h12-17,19H,7-11,18H2,1-6H3,(H,28,30). The molecule has 0 aliphatic rings. The molecular weight excluding hydrogens is 432 g/mol. The van der Waals surface area contributed by atoms with Crippen molar-refractivity contribution in [2.45, 2.75) is 84.8 Å². The van der Waals surface area contributed by atoms with Crippen molar-refractivity contribution in [2.24, 2.45) is 0 Å². The summed E-state index contributed by atoms with van der Waals surface area (Å²) < 4.78 is 12.5. The molecule has 7 nitrogen and oxygen atoms in total. The zero-order valence-corrected chi connectivity index (χ0v) is 21.3. The summed E-state index contributed by atoms with van der Waals surface area (Å²) in [6.07, 6.45) is 4.28. The molecule has 0 radical (unpaired) electrons. The molecule has 1 amide bonds. The lowest BCUT2D eigenvalue weighted by atomic mass is 10.0.